The average Bonchev–Trinajstić information content (AvgIpc) is 3.30. The third-order valence-corrected chi connectivity index (χ3v) is 6.32. The molecule has 0 aliphatic carbocycles. The largest absolute Gasteiger partial charge is 0.496 e. The van der Waals surface area contributed by atoms with Crippen LogP contribution in [0.5, 0.6) is 5.75 Å². The predicted octanol–water partition coefficient (Wildman–Crippen LogP) is 2.94. The summed E-state index contributed by atoms with van der Waals surface area (Å²) in [5.74, 6) is 1.67. The Bertz CT molecular complexity index is 869. The lowest BCUT2D eigenvalue weighted by Gasteiger charge is -2.39. The second-order valence-corrected chi connectivity index (χ2v) is 7.56. The maximum atomic E-state index is 11.3. The summed E-state index contributed by atoms with van der Waals surface area (Å²) < 4.78 is 5.46. The minimum absolute atomic E-state index is 0.346. The molecular weight excluding hydrogens is 340 g/mol. The molecule has 2 aromatic rings. The van der Waals surface area contributed by atoms with Gasteiger partial charge in [0, 0.05) is 43.6 Å². The molecule has 0 unspecified atom stereocenters. The molecule has 142 valence electrons. The second-order valence-electron chi connectivity index (χ2n) is 7.56. The van der Waals surface area contributed by atoms with Gasteiger partial charge in [-0.25, -0.2) is 9.97 Å². The van der Waals surface area contributed by atoms with Gasteiger partial charge in [0.15, 0.2) is 12.1 Å². The molecule has 0 N–H and O–H groups in total. The first kappa shape index (κ1) is 17.9. The third kappa shape index (κ3) is 2.88. The number of carbonyl (C=O) groups excluding carboxylic acids is 1. The van der Waals surface area contributed by atoms with Crippen molar-refractivity contribution >= 4 is 12.1 Å². The number of hydrogen-bond acceptors (Lipinski definition) is 6. The Kier molecular flexibility index (Phi) is 4.60. The average molecular weight is 366 g/mol. The van der Waals surface area contributed by atoms with Crippen molar-refractivity contribution < 1.29 is 9.53 Å². The number of ether oxygens (including phenoxy) is 1. The lowest BCUT2D eigenvalue weighted by molar-refractivity contribution is 0.111. The summed E-state index contributed by atoms with van der Waals surface area (Å²) >= 11 is 0. The van der Waals surface area contributed by atoms with E-state index in [1.807, 2.05) is 0 Å². The highest BCUT2D eigenvalue weighted by Crippen LogP contribution is 2.40. The second kappa shape index (κ2) is 6.93. The Morgan fingerprint density at radius 1 is 1.15 bits per heavy atom. The van der Waals surface area contributed by atoms with Gasteiger partial charge in [-0.15, -0.1) is 0 Å². The number of piperazine rings is 1. The molecule has 2 aliphatic heterocycles. The fraction of sp³-hybridized carbons (Fsp3) is 0.476. The van der Waals surface area contributed by atoms with Crippen molar-refractivity contribution in [1.29, 1.82) is 0 Å². The number of carbonyl (C=O) groups is 1. The molecule has 0 spiro atoms. The molecule has 2 saturated heterocycles. The molecule has 3 heterocycles. The number of anilines is 1. The van der Waals surface area contributed by atoms with Crippen molar-refractivity contribution in [3.63, 3.8) is 0 Å². The first-order chi connectivity index (χ1) is 13.0. The van der Waals surface area contributed by atoms with Gasteiger partial charge >= 0.3 is 0 Å². The number of fused-ring (bicyclic) bond motifs is 2. The topological polar surface area (TPSA) is 58.6 Å². The number of aromatic nitrogens is 2. The van der Waals surface area contributed by atoms with Crippen molar-refractivity contribution in [3.05, 3.63) is 46.9 Å². The zero-order chi connectivity index (χ0) is 19.1. The van der Waals surface area contributed by atoms with Gasteiger partial charge in [-0.05, 0) is 49.9 Å². The normalized spacial score (nSPS) is 22.9. The maximum Gasteiger partial charge on any atom is 0.172 e. The Morgan fingerprint density at radius 3 is 2.59 bits per heavy atom. The molecule has 1 aromatic carbocycles. The van der Waals surface area contributed by atoms with Gasteiger partial charge < -0.3 is 9.64 Å². The van der Waals surface area contributed by atoms with Crippen LogP contribution in [-0.4, -0.2) is 53.4 Å². The van der Waals surface area contributed by atoms with Crippen molar-refractivity contribution in [3.8, 4) is 5.75 Å². The quantitative estimate of drug-likeness (QED) is 0.759. The third-order valence-electron chi connectivity index (χ3n) is 6.32. The molecule has 0 amide bonds. The van der Waals surface area contributed by atoms with Gasteiger partial charge in [-0.2, -0.15) is 0 Å². The SMILES string of the molecule is COc1ccc([C@H](C)N2C[C@@H]3C[C@H]2CN3c2nccnc2C=O)c(C)c1C. The molecule has 0 radical (unpaired) electrons. The zero-order valence-corrected chi connectivity index (χ0v) is 16.3. The summed E-state index contributed by atoms with van der Waals surface area (Å²) in [6, 6.07) is 5.47. The van der Waals surface area contributed by atoms with Crippen molar-refractivity contribution in [2.75, 3.05) is 25.1 Å². The van der Waals surface area contributed by atoms with Crippen LogP contribution in [0.2, 0.25) is 0 Å². The number of aldehydes is 1. The van der Waals surface area contributed by atoms with E-state index in [1.165, 1.54) is 16.7 Å². The lowest BCUT2D eigenvalue weighted by atomic mass is 9.96. The van der Waals surface area contributed by atoms with Gasteiger partial charge in [0.05, 0.1) is 7.11 Å². The van der Waals surface area contributed by atoms with Crippen LogP contribution >= 0.6 is 0 Å². The molecule has 2 fully saturated rings. The molecule has 6 nitrogen and oxygen atoms in total. The van der Waals surface area contributed by atoms with Crippen LogP contribution in [0.3, 0.4) is 0 Å². The first-order valence-corrected chi connectivity index (χ1v) is 9.47. The van der Waals surface area contributed by atoms with Crippen molar-refractivity contribution in [2.45, 2.75) is 45.3 Å². The molecule has 2 aliphatic rings. The van der Waals surface area contributed by atoms with Crippen LogP contribution < -0.4 is 9.64 Å². The number of nitrogens with zero attached hydrogens (tertiary/aromatic N) is 4. The van der Waals surface area contributed by atoms with Gasteiger partial charge in [0.25, 0.3) is 0 Å². The minimum atomic E-state index is 0.346. The summed E-state index contributed by atoms with van der Waals surface area (Å²) in [6.45, 7) is 8.46. The first-order valence-electron chi connectivity index (χ1n) is 9.47. The smallest absolute Gasteiger partial charge is 0.172 e. The van der Waals surface area contributed by atoms with E-state index >= 15 is 0 Å². The number of hydrogen-bond donors (Lipinski definition) is 0. The van der Waals surface area contributed by atoms with E-state index in [0.29, 0.717) is 23.8 Å². The van der Waals surface area contributed by atoms with Gasteiger partial charge in [0.2, 0.25) is 0 Å². The minimum Gasteiger partial charge on any atom is -0.496 e. The fourth-order valence-electron chi connectivity index (χ4n) is 4.75. The summed E-state index contributed by atoms with van der Waals surface area (Å²) in [5.41, 5.74) is 4.31. The molecule has 27 heavy (non-hydrogen) atoms. The fourth-order valence-corrected chi connectivity index (χ4v) is 4.75. The van der Waals surface area contributed by atoms with Gasteiger partial charge in [0.1, 0.15) is 11.4 Å². The van der Waals surface area contributed by atoms with E-state index < -0.39 is 0 Å². The van der Waals surface area contributed by atoms with Gasteiger partial charge in [-0.3, -0.25) is 9.69 Å². The highest BCUT2D eigenvalue weighted by atomic mass is 16.5. The highest BCUT2D eigenvalue weighted by molar-refractivity contribution is 5.80. The van der Waals surface area contributed by atoms with E-state index in [9.17, 15) is 4.79 Å². The van der Waals surface area contributed by atoms with E-state index in [4.69, 9.17) is 4.74 Å². The Balaban J connectivity index is 1.55. The van der Waals surface area contributed by atoms with Crippen LogP contribution in [0.1, 0.15) is 46.6 Å². The lowest BCUT2D eigenvalue weighted by Crippen LogP contribution is -2.48. The van der Waals surface area contributed by atoms with Crippen molar-refractivity contribution in [1.82, 2.24) is 14.9 Å². The van der Waals surface area contributed by atoms with Crippen LogP contribution in [0.4, 0.5) is 5.82 Å². The Hall–Kier alpha value is -2.47. The standard InChI is InChI=1S/C21H26N4O2/c1-13-14(2)20(27-4)6-5-18(13)15(3)24-10-17-9-16(24)11-25(17)21-19(12-26)22-7-8-23-21/h5-8,12,15-17H,9-11H2,1-4H3/t15-,16-,17-/m0/s1. The maximum absolute atomic E-state index is 11.3. The summed E-state index contributed by atoms with van der Waals surface area (Å²) in [5, 5.41) is 0. The van der Waals surface area contributed by atoms with E-state index in [2.05, 4.69) is 52.7 Å². The Morgan fingerprint density at radius 2 is 1.93 bits per heavy atom. The summed E-state index contributed by atoms with van der Waals surface area (Å²) in [4.78, 5) is 24.8. The van der Waals surface area contributed by atoms with Crippen LogP contribution in [0, 0.1) is 13.8 Å². The van der Waals surface area contributed by atoms with Gasteiger partial charge in [-0.1, -0.05) is 6.07 Å². The zero-order valence-electron chi connectivity index (χ0n) is 16.3. The summed E-state index contributed by atoms with van der Waals surface area (Å²) in [6.07, 6.45) is 5.15. The number of likely N-dealkylation sites (tertiary alicyclic amines) is 1. The summed E-state index contributed by atoms with van der Waals surface area (Å²) in [7, 11) is 1.72. The van der Waals surface area contributed by atoms with E-state index in [0.717, 1.165) is 37.4 Å². The monoisotopic (exact) mass is 366 g/mol. The van der Waals surface area contributed by atoms with E-state index in [-0.39, 0.29) is 0 Å². The molecule has 2 bridgehead atoms. The Labute approximate surface area is 160 Å². The molecule has 4 rings (SSSR count). The molecular formula is C21H26N4O2. The van der Waals surface area contributed by atoms with E-state index in [1.54, 1.807) is 19.5 Å². The van der Waals surface area contributed by atoms with Crippen LogP contribution in [0.25, 0.3) is 0 Å². The predicted molar refractivity (Wildman–Crippen MR) is 105 cm³/mol. The van der Waals surface area contributed by atoms with Crippen molar-refractivity contribution in [2.24, 2.45) is 0 Å². The molecule has 0 saturated carbocycles. The molecule has 1 aromatic heterocycles. The highest BCUT2D eigenvalue weighted by Gasteiger charge is 2.46. The molecule has 3 atom stereocenters. The van der Waals surface area contributed by atoms with Crippen LogP contribution in [0.15, 0.2) is 24.5 Å². The number of benzene rings is 1. The number of rotatable bonds is 5. The molecule has 6 heteroatoms. The number of methoxy groups -OCH3 is 1. The van der Waals surface area contributed by atoms with Crippen LogP contribution in [-0.2, 0) is 0 Å².